The van der Waals surface area contributed by atoms with Gasteiger partial charge in [-0.1, -0.05) is 18.2 Å². The number of benzene rings is 1. The molecule has 0 amide bonds. The normalized spacial score (nSPS) is 18.7. The summed E-state index contributed by atoms with van der Waals surface area (Å²) in [6, 6.07) is 12.0. The van der Waals surface area contributed by atoms with Gasteiger partial charge < -0.3 is 4.42 Å². The van der Waals surface area contributed by atoms with Crippen molar-refractivity contribution >= 4 is 21.4 Å². The lowest BCUT2D eigenvalue weighted by atomic mass is 10.2. The molecule has 0 saturated carbocycles. The van der Waals surface area contributed by atoms with Crippen LogP contribution in [0, 0.1) is 6.92 Å². The van der Waals surface area contributed by atoms with Gasteiger partial charge in [0.1, 0.15) is 6.04 Å². The molecule has 1 unspecified atom stereocenters. The minimum atomic E-state index is -3.58. The fourth-order valence-electron chi connectivity index (χ4n) is 3.02. The van der Waals surface area contributed by atoms with Gasteiger partial charge in [-0.25, -0.2) is 8.42 Å². The molecule has 130 valence electrons. The van der Waals surface area contributed by atoms with E-state index in [0.717, 1.165) is 16.2 Å². The lowest BCUT2D eigenvalue weighted by Crippen LogP contribution is -2.30. The molecule has 3 heterocycles. The Balaban J connectivity index is 1.65. The maximum Gasteiger partial charge on any atom is 0.257 e. The SMILES string of the molecule is Cc1ccc(-c2nnc(C3CCCN3S(=O)(=O)c3ccccc3)o2)s1. The van der Waals surface area contributed by atoms with E-state index < -0.39 is 16.1 Å². The van der Waals surface area contributed by atoms with Gasteiger partial charge in [-0.15, -0.1) is 21.5 Å². The second kappa shape index (κ2) is 6.36. The highest BCUT2D eigenvalue weighted by Crippen LogP contribution is 2.37. The minimum Gasteiger partial charge on any atom is -0.418 e. The van der Waals surface area contributed by atoms with E-state index in [4.69, 9.17) is 4.42 Å². The number of hydrogen-bond donors (Lipinski definition) is 0. The van der Waals surface area contributed by atoms with E-state index in [1.54, 1.807) is 41.7 Å². The Morgan fingerprint density at radius 2 is 1.96 bits per heavy atom. The smallest absolute Gasteiger partial charge is 0.257 e. The van der Waals surface area contributed by atoms with Crippen LogP contribution in [0.25, 0.3) is 10.8 Å². The summed E-state index contributed by atoms with van der Waals surface area (Å²) < 4.78 is 33.2. The standard InChI is InChI=1S/C17H17N3O3S2/c1-12-9-10-15(24-12)17-19-18-16(23-17)14-8-5-11-20(14)25(21,22)13-6-3-2-4-7-13/h2-4,6-7,9-10,14H,5,8,11H2,1H3. The molecular weight excluding hydrogens is 358 g/mol. The summed E-state index contributed by atoms with van der Waals surface area (Å²) >= 11 is 1.57. The third-order valence-corrected chi connectivity index (χ3v) is 7.14. The lowest BCUT2D eigenvalue weighted by Gasteiger charge is -2.21. The van der Waals surface area contributed by atoms with Crippen LogP contribution in [0.2, 0.25) is 0 Å². The largest absolute Gasteiger partial charge is 0.418 e. The maximum absolute atomic E-state index is 12.9. The van der Waals surface area contributed by atoms with Crippen LogP contribution in [0.4, 0.5) is 0 Å². The van der Waals surface area contributed by atoms with Crippen LogP contribution < -0.4 is 0 Å². The van der Waals surface area contributed by atoms with Crippen molar-refractivity contribution in [2.24, 2.45) is 0 Å². The number of thiophene rings is 1. The number of aryl methyl sites for hydroxylation is 1. The summed E-state index contributed by atoms with van der Waals surface area (Å²) in [4.78, 5) is 2.34. The molecule has 0 aliphatic carbocycles. The zero-order valence-corrected chi connectivity index (χ0v) is 15.3. The van der Waals surface area contributed by atoms with Crippen molar-refractivity contribution in [1.82, 2.24) is 14.5 Å². The first kappa shape index (κ1) is 16.4. The van der Waals surface area contributed by atoms with Gasteiger partial charge in [-0.3, -0.25) is 0 Å². The van der Waals surface area contributed by atoms with Crippen molar-refractivity contribution in [1.29, 1.82) is 0 Å². The van der Waals surface area contributed by atoms with Crippen molar-refractivity contribution in [3.05, 3.63) is 53.2 Å². The molecule has 0 spiro atoms. The van der Waals surface area contributed by atoms with E-state index >= 15 is 0 Å². The molecule has 1 aromatic carbocycles. The predicted octanol–water partition coefficient (Wildman–Crippen LogP) is 3.63. The van der Waals surface area contributed by atoms with E-state index in [-0.39, 0.29) is 4.90 Å². The van der Waals surface area contributed by atoms with Gasteiger partial charge in [0.25, 0.3) is 5.89 Å². The third-order valence-electron chi connectivity index (χ3n) is 4.23. The molecule has 3 aromatic rings. The summed E-state index contributed by atoms with van der Waals surface area (Å²) in [6.45, 7) is 2.47. The third kappa shape index (κ3) is 3.01. The highest BCUT2D eigenvalue weighted by Gasteiger charge is 2.39. The zero-order chi connectivity index (χ0) is 17.4. The molecular formula is C17H17N3O3S2. The van der Waals surface area contributed by atoms with Gasteiger partial charge in [0.15, 0.2) is 0 Å². The highest BCUT2D eigenvalue weighted by atomic mass is 32.2. The van der Waals surface area contributed by atoms with Crippen molar-refractivity contribution in [3.8, 4) is 10.8 Å². The highest BCUT2D eigenvalue weighted by molar-refractivity contribution is 7.89. The Hall–Kier alpha value is -2.03. The Kier molecular flexibility index (Phi) is 4.18. The maximum atomic E-state index is 12.9. The average Bonchev–Trinajstić information content (AvgIpc) is 3.35. The second-order valence-corrected chi connectivity index (χ2v) is 9.12. The molecule has 6 nitrogen and oxygen atoms in total. The molecule has 0 bridgehead atoms. The molecule has 0 N–H and O–H groups in total. The van der Waals surface area contributed by atoms with Gasteiger partial charge in [0, 0.05) is 11.4 Å². The minimum absolute atomic E-state index is 0.288. The molecule has 1 aliphatic rings. The number of sulfonamides is 1. The summed E-state index contributed by atoms with van der Waals surface area (Å²) in [5, 5.41) is 8.23. The van der Waals surface area contributed by atoms with E-state index in [1.807, 2.05) is 19.1 Å². The van der Waals surface area contributed by atoms with E-state index in [1.165, 1.54) is 4.31 Å². The summed E-state index contributed by atoms with van der Waals surface area (Å²) in [5.74, 6) is 0.801. The summed E-state index contributed by atoms with van der Waals surface area (Å²) in [5.41, 5.74) is 0. The Morgan fingerprint density at radius 1 is 1.16 bits per heavy atom. The molecule has 0 radical (unpaired) electrons. The van der Waals surface area contributed by atoms with Crippen LogP contribution in [0.15, 0.2) is 51.8 Å². The van der Waals surface area contributed by atoms with Crippen LogP contribution in [0.1, 0.15) is 29.7 Å². The summed E-state index contributed by atoms with van der Waals surface area (Å²) in [7, 11) is -3.58. The quantitative estimate of drug-likeness (QED) is 0.696. The fraction of sp³-hybridized carbons (Fsp3) is 0.294. The van der Waals surface area contributed by atoms with Gasteiger partial charge in [-0.05, 0) is 44.0 Å². The van der Waals surface area contributed by atoms with E-state index in [9.17, 15) is 8.42 Å². The van der Waals surface area contributed by atoms with E-state index in [2.05, 4.69) is 10.2 Å². The van der Waals surface area contributed by atoms with Gasteiger partial charge >= 0.3 is 0 Å². The van der Waals surface area contributed by atoms with Crippen LogP contribution >= 0.6 is 11.3 Å². The zero-order valence-electron chi connectivity index (χ0n) is 13.6. The van der Waals surface area contributed by atoms with Gasteiger partial charge in [0.2, 0.25) is 15.9 Å². The number of aromatic nitrogens is 2. The number of rotatable bonds is 4. The van der Waals surface area contributed by atoms with Crippen molar-refractivity contribution in [3.63, 3.8) is 0 Å². The second-order valence-electron chi connectivity index (χ2n) is 5.94. The van der Waals surface area contributed by atoms with Crippen molar-refractivity contribution < 1.29 is 12.8 Å². The van der Waals surface area contributed by atoms with Gasteiger partial charge in [0.05, 0.1) is 9.77 Å². The Morgan fingerprint density at radius 3 is 2.68 bits per heavy atom. The van der Waals surface area contributed by atoms with Crippen molar-refractivity contribution in [2.75, 3.05) is 6.54 Å². The van der Waals surface area contributed by atoms with Crippen molar-refractivity contribution in [2.45, 2.75) is 30.7 Å². The monoisotopic (exact) mass is 375 g/mol. The topological polar surface area (TPSA) is 76.3 Å². The first-order valence-electron chi connectivity index (χ1n) is 8.03. The average molecular weight is 375 g/mol. The molecule has 4 rings (SSSR count). The number of hydrogen-bond acceptors (Lipinski definition) is 6. The Labute approximate surface area is 150 Å². The van der Waals surface area contributed by atoms with Crippen LogP contribution in [0.5, 0.6) is 0 Å². The molecule has 25 heavy (non-hydrogen) atoms. The molecule has 1 aliphatic heterocycles. The van der Waals surface area contributed by atoms with E-state index in [0.29, 0.717) is 24.7 Å². The first-order chi connectivity index (χ1) is 12.1. The molecule has 1 saturated heterocycles. The lowest BCUT2D eigenvalue weighted by molar-refractivity contribution is 0.332. The Bertz CT molecular complexity index is 980. The molecule has 1 fully saturated rings. The number of nitrogens with zero attached hydrogens (tertiary/aromatic N) is 3. The molecule has 2 aromatic heterocycles. The molecule has 1 atom stereocenters. The molecule has 8 heteroatoms. The summed E-state index contributed by atoms with van der Waals surface area (Å²) in [6.07, 6.45) is 1.45. The van der Waals surface area contributed by atoms with Crippen LogP contribution in [-0.4, -0.2) is 29.5 Å². The van der Waals surface area contributed by atoms with Gasteiger partial charge in [-0.2, -0.15) is 4.31 Å². The predicted molar refractivity (Wildman–Crippen MR) is 94.7 cm³/mol. The first-order valence-corrected chi connectivity index (χ1v) is 10.3. The van der Waals surface area contributed by atoms with Crippen LogP contribution in [0.3, 0.4) is 0 Å². The fourth-order valence-corrected chi connectivity index (χ4v) is 5.48. The van der Waals surface area contributed by atoms with Crippen LogP contribution in [-0.2, 0) is 10.0 Å².